The van der Waals surface area contributed by atoms with E-state index in [0.717, 1.165) is 22.4 Å². The molecule has 0 bridgehead atoms. The zero-order chi connectivity index (χ0) is 18.9. The Morgan fingerprint density at radius 3 is 2.11 bits per heavy atom. The van der Waals surface area contributed by atoms with E-state index in [-0.39, 0.29) is 18.6 Å². The van der Waals surface area contributed by atoms with Crippen LogP contribution < -0.4 is 10.1 Å². The molecule has 27 heavy (non-hydrogen) atoms. The number of hydrogen-bond donors (Lipinski definition) is 1. The normalized spacial score (nSPS) is 10.6. The number of carbonyl (C=O) groups excluding carboxylic acids is 1. The van der Waals surface area contributed by atoms with Gasteiger partial charge < -0.3 is 14.8 Å². The van der Waals surface area contributed by atoms with E-state index in [1.165, 1.54) is 0 Å². The summed E-state index contributed by atoms with van der Waals surface area (Å²) in [7, 11) is 1.62. The van der Waals surface area contributed by atoms with E-state index in [1.54, 1.807) is 7.11 Å². The number of amides is 1. The van der Waals surface area contributed by atoms with E-state index in [0.29, 0.717) is 6.54 Å². The van der Waals surface area contributed by atoms with Crippen LogP contribution in [0.25, 0.3) is 0 Å². The standard InChI is InChI=1S/C23H23NO3/c1-26-21-14-8-9-18(15-21)16-24-22(25)17-27-23(19-10-4-2-5-11-19)20-12-6-3-7-13-20/h2-15,23H,16-17H2,1H3,(H,24,25). The summed E-state index contributed by atoms with van der Waals surface area (Å²) >= 11 is 0. The summed E-state index contributed by atoms with van der Waals surface area (Å²) in [6.07, 6.45) is -0.282. The Morgan fingerprint density at radius 2 is 1.52 bits per heavy atom. The molecule has 0 saturated carbocycles. The molecule has 3 aromatic rings. The maximum absolute atomic E-state index is 12.3. The minimum atomic E-state index is -0.282. The molecular formula is C23H23NO3. The highest BCUT2D eigenvalue weighted by Crippen LogP contribution is 2.25. The predicted molar refractivity (Wildman–Crippen MR) is 106 cm³/mol. The van der Waals surface area contributed by atoms with Crippen LogP contribution in [0.15, 0.2) is 84.9 Å². The Hall–Kier alpha value is -3.11. The van der Waals surface area contributed by atoms with Crippen molar-refractivity contribution in [3.63, 3.8) is 0 Å². The van der Waals surface area contributed by atoms with Crippen LogP contribution in [0.5, 0.6) is 5.75 Å². The highest BCUT2D eigenvalue weighted by Gasteiger charge is 2.16. The van der Waals surface area contributed by atoms with Gasteiger partial charge in [-0.25, -0.2) is 0 Å². The number of nitrogens with one attached hydrogen (secondary N) is 1. The van der Waals surface area contributed by atoms with Crippen molar-refractivity contribution < 1.29 is 14.3 Å². The van der Waals surface area contributed by atoms with Crippen molar-refractivity contribution in [1.29, 1.82) is 0 Å². The molecule has 0 saturated heterocycles. The third-order valence-corrected chi connectivity index (χ3v) is 4.21. The lowest BCUT2D eigenvalue weighted by Gasteiger charge is -2.19. The summed E-state index contributed by atoms with van der Waals surface area (Å²) in [6.45, 7) is 0.416. The molecule has 138 valence electrons. The molecule has 0 fully saturated rings. The summed E-state index contributed by atoms with van der Waals surface area (Å²) in [5.74, 6) is 0.612. The van der Waals surface area contributed by atoms with Gasteiger partial charge in [0.2, 0.25) is 5.91 Å². The van der Waals surface area contributed by atoms with Gasteiger partial charge in [0.05, 0.1) is 7.11 Å². The van der Waals surface area contributed by atoms with Gasteiger partial charge in [-0.15, -0.1) is 0 Å². The fourth-order valence-electron chi connectivity index (χ4n) is 2.83. The van der Waals surface area contributed by atoms with Crippen LogP contribution in [0, 0.1) is 0 Å². The molecule has 0 aliphatic rings. The van der Waals surface area contributed by atoms with E-state index >= 15 is 0 Å². The van der Waals surface area contributed by atoms with Crippen molar-refractivity contribution in [2.24, 2.45) is 0 Å². The van der Waals surface area contributed by atoms with E-state index in [9.17, 15) is 4.79 Å². The summed E-state index contributed by atoms with van der Waals surface area (Å²) in [6, 6.07) is 27.5. The summed E-state index contributed by atoms with van der Waals surface area (Å²) in [4.78, 5) is 12.3. The van der Waals surface area contributed by atoms with Gasteiger partial charge in [-0.1, -0.05) is 72.8 Å². The van der Waals surface area contributed by atoms with Crippen molar-refractivity contribution in [1.82, 2.24) is 5.32 Å². The molecule has 0 radical (unpaired) electrons. The summed E-state index contributed by atoms with van der Waals surface area (Å²) in [5, 5.41) is 2.89. The third kappa shape index (κ3) is 5.43. The minimum Gasteiger partial charge on any atom is -0.497 e. The number of methoxy groups -OCH3 is 1. The Morgan fingerprint density at radius 1 is 0.889 bits per heavy atom. The summed E-state index contributed by atoms with van der Waals surface area (Å²) in [5.41, 5.74) is 3.01. The fourth-order valence-corrected chi connectivity index (χ4v) is 2.83. The molecule has 0 heterocycles. The van der Waals surface area contributed by atoms with Crippen molar-refractivity contribution in [3.8, 4) is 5.75 Å². The Balaban J connectivity index is 1.60. The van der Waals surface area contributed by atoms with E-state index in [4.69, 9.17) is 9.47 Å². The average molecular weight is 361 g/mol. The second-order valence-electron chi connectivity index (χ2n) is 6.14. The van der Waals surface area contributed by atoms with Crippen LogP contribution in [0.1, 0.15) is 22.8 Å². The van der Waals surface area contributed by atoms with Crippen molar-refractivity contribution in [2.75, 3.05) is 13.7 Å². The lowest BCUT2D eigenvalue weighted by molar-refractivity contribution is -0.127. The Labute approximate surface area is 159 Å². The second kappa shape index (κ2) is 9.55. The lowest BCUT2D eigenvalue weighted by atomic mass is 10.0. The molecule has 3 aromatic carbocycles. The second-order valence-corrected chi connectivity index (χ2v) is 6.14. The molecule has 0 aliphatic carbocycles. The smallest absolute Gasteiger partial charge is 0.246 e. The topological polar surface area (TPSA) is 47.6 Å². The van der Waals surface area contributed by atoms with Gasteiger partial charge >= 0.3 is 0 Å². The van der Waals surface area contributed by atoms with Gasteiger partial charge in [-0.3, -0.25) is 4.79 Å². The number of rotatable bonds is 8. The first-order valence-electron chi connectivity index (χ1n) is 8.87. The van der Waals surface area contributed by atoms with Gasteiger partial charge in [0.15, 0.2) is 0 Å². The van der Waals surface area contributed by atoms with Gasteiger partial charge in [-0.2, -0.15) is 0 Å². The molecule has 1 N–H and O–H groups in total. The van der Waals surface area contributed by atoms with Gasteiger partial charge in [0.1, 0.15) is 18.5 Å². The highest BCUT2D eigenvalue weighted by atomic mass is 16.5. The maximum atomic E-state index is 12.3. The molecule has 1 amide bonds. The van der Waals surface area contributed by atoms with Crippen molar-refractivity contribution in [2.45, 2.75) is 12.6 Å². The van der Waals surface area contributed by atoms with E-state index < -0.39 is 0 Å². The zero-order valence-electron chi connectivity index (χ0n) is 15.3. The van der Waals surface area contributed by atoms with Crippen LogP contribution in [-0.2, 0) is 16.1 Å². The van der Waals surface area contributed by atoms with Crippen molar-refractivity contribution >= 4 is 5.91 Å². The first-order chi connectivity index (χ1) is 13.3. The first-order valence-corrected chi connectivity index (χ1v) is 8.87. The van der Waals surface area contributed by atoms with Gasteiger partial charge in [0.25, 0.3) is 0 Å². The first kappa shape index (κ1) is 18.7. The lowest BCUT2D eigenvalue weighted by Crippen LogP contribution is -2.28. The van der Waals surface area contributed by atoms with E-state index in [2.05, 4.69) is 5.32 Å². The molecule has 0 unspecified atom stereocenters. The molecule has 0 aliphatic heterocycles. The number of benzene rings is 3. The number of ether oxygens (including phenoxy) is 2. The zero-order valence-corrected chi connectivity index (χ0v) is 15.3. The quantitative estimate of drug-likeness (QED) is 0.657. The van der Waals surface area contributed by atoms with Crippen LogP contribution >= 0.6 is 0 Å². The van der Waals surface area contributed by atoms with Gasteiger partial charge in [0, 0.05) is 6.54 Å². The van der Waals surface area contributed by atoms with Gasteiger partial charge in [-0.05, 0) is 28.8 Å². The molecule has 0 atom stereocenters. The highest BCUT2D eigenvalue weighted by molar-refractivity contribution is 5.77. The van der Waals surface area contributed by atoms with Crippen LogP contribution in [0.2, 0.25) is 0 Å². The number of carbonyl (C=O) groups is 1. The fraction of sp³-hybridized carbons (Fsp3) is 0.174. The minimum absolute atomic E-state index is 0.0155. The summed E-state index contributed by atoms with van der Waals surface area (Å²) < 4.78 is 11.2. The molecule has 0 spiro atoms. The van der Waals surface area contributed by atoms with Crippen LogP contribution in [-0.4, -0.2) is 19.6 Å². The average Bonchev–Trinajstić information content (AvgIpc) is 2.74. The molecule has 4 nitrogen and oxygen atoms in total. The predicted octanol–water partition coefficient (Wildman–Crippen LogP) is 4.12. The van der Waals surface area contributed by atoms with Crippen LogP contribution in [0.4, 0.5) is 0 Å². The van der Waals surface area contributed by atoms with Crippen molar-refractivity contribution in [3.05, 3.63) is 102 Å². The third-order valence-electron chi connectivity index (χ3n) is 4.21. The maximum Gasteiger partial charge on any atom is 0.246 e. The van der Waals surface area contributed by atoms with E-state index in [1.807, 2.05) is 84.9 Å². The molecular weight excluding hydrogens is 338 g/mol. The Kier molecular flexibility index (Phi) is 6.61. The van der Waals surface area contributed by atoms with Crippen LogP contribution in [0.3, 0.4) is 0 Å². The largest absolute Gasteiger partial charge is 0.497 e. The molecule has 0 aromatic heterocycles. The SMILES string of the molecule is COc1cccc(CNC(=O)COC(c2ccccc2)c2ccccc2)c1. The Bertz CT molecular complexity index is 810. The number of hydrogen-bond acceptors (Lipinski definition) is 3. The molecule has 4 heteroatoms. The molecule has 3 rings (SSSR count). The monoisotopic (exact) mass is 361 g/mol.